The van der Waals surface area contributed by atoms with Gasteiger partial charge in [0.25, 0.3) is 0 Å². The first kappa shape index (κ1) is 16.9. The van der Waals surface area contributed by atoms with Crippen molar-refractivity contribution in [3.63, 3.8) is 0 Å². The van der Waals surface area contributed by atoms with Crippen molar-refractivity contribution in [3.05, 3.63) is 42.0 Å². The van der Waals surface area contributed by atoms with Crippen LogP contribution in [0.4, 0.5) is 5.69 Å². The number of benzene rings is 1. The Bertz CT molecular complexity index is 848. The van der Waals surface area contributed by atoms with Gasteiger partial charge in [-0.15, -0.1) is 0 Å². The number of carbonyl (C=O) groups excluding carboxylic acids is 3. The fraction of sp³-hybridized carbons (Fsp3) is 0.421. The summed E-state index contributed by atoms with van der Waals surface area (Å²) in [5.74, 6) is -2.80. The highest BCUT2D eigenvalue weighted by Gasteiger charge is 2.72. The van der Waals surface area contributed by atoms with Crippen molar-refractivity contribution >= 4 is 23.5 Å². The van der Waals surface area contributed by atoms with Gasteiger partial charge in [0.2, 0.25) is 11.8 Å². The maximum atomic E-state index is 13.1. The molecule has 136 valence electrons. The Morgan fingerprint density at radius 3 is 2.69 bits per heavy atom. The lowest BCUT2D eigenvalue weighted by atomic mass is 9.73. The Kier molecular flexibility index (Phi) is 3.58. The molecule has 1 aromatic carbocycles. The Labute approximate surface area is 150 Å². The van der Waals surface area contributed by atoms with Gasteiger partial charge in [-0.25, -0.2) is 9.69 Å². The van der Waals surface area contributed by atoms with E-state index in [0.717, 1.165) is 4.90 Å². The smallest absolute Gasteiger partial charge is 0.338 e. The van der Waals surface area contributed by atoms with Crippen LogP contribution in [0.25, 0.3) is 0 Å². The number of nitrogens with zero attached hydrogens (tertiary/aromatic N) is 1. The van der Waals surface area contributed by atoms with Gasteiger partial charge in [-0.05, 0) is 32.0 Å². The quantitative estimate of drug-likeness (QED) is 0.492. The van der Waals surface area contributed by atoms with Crippen molar-refractivity contribution in [2.45, 2.75) is 25.0 Å². The van der Waals surface area contributed by atoms with Crippen molar-refractivity contribution in [1.29, 1.82) is 0 Å². The van der Waals surface area contributed by atoms with Crippen molar-refractivity contribution in [1.82, 2.24) is 0 Å². The van der Waals surface area contributed by atoms with E-state index in [0.29, 0.717) is 5.69 Å². The summed E-state index contributed by atoms with van der Waals surface area (Å²) in [5, 5.41) is 9.82. The predicted octanol–water partition coefficient (Wildman–Crippen LogP) is 1.06. The minimum Gasteiger partial charge on any atom is -0.462 e. The molecule has 7 nitrogen and oxygen atoms in total. The molecule has 2 amide bonds. The first-order valence-electron chi connectivity index (χ1n) is 8.53. The van der Waals surface area contributed by atoms with Gasteiger partial charge in [0.1, 0.15) is 5.60 Å². The summed E-state index contributed by atoms with van der Waals surface area (Å²) >= 11 is 0. The van der Waals surface area contributed by atoms with Gasteiger partial charge in [0, 0.05) is 0 Å². The lowest BCUT2D eigenvalue weighted by Gasteiger charge is -2.27. The number of amides is 2. The van der Waals surface area contributed by atoms with Crippen LogP contribution in [-0.4, -0.2) is 47.3 Å². The van der Waals surface area contributed by atoms with E-state index in [2.05, 4.69) is 0 Å². The molecular formula is C19H19NO6. The highest BCUT2D eigenvalue weighted by Crippen LogP contribution is 2.57. The first-order valence-corrected chi connectivity index (χ1v) is 8.53. The molecule has 0 radical (unpaired) electrons. The van der Waals surface area contributed by atoms with Gasteiger partial charge in [-0.2, -0.15) is 0 Å². The van der Waals surface area contributed by atoms with E-state index >= 15 is 0 Å². The zero-order valence-electron chi connectivity index (χ0n) is 14.5. The van der Waals surface area contributed by atoms with Crippen LogP contribution in [0.3, 0.4) is 0 Å². The van der Waals surface area contributed by atoms with Crippen LogP contribution in [0, 0.1) is 11.8 Å². The van der Waals surface area contributed by atoms with E-state index in [1.807, 2.05) is 0 Å². The minimum atomic E-state index is -1.17. The summed E-state index contributed by atoms with van der Waals surface area (Å²) in [6.07, 6.45) is 3.42. The van der Waals surface area contributed by atoms with Crippen LogP contribution >= 0.6 is 0 Å². The zero-order chi connectivity index (χ0) is 18.7. The van der Waals surface area contributed by atoms with Crippen molar-refractivity contribution < 1.29 is 29.0 Å². The van der Waals surface area contributed by atoms with Crippen LogP contribution < -0.4 is 4.90 Å². The van der Waals surface area contributed by atoms with Crippen LogP contribution in [0.2, 0.25) is 0 Å². The molecule has 0 aromatic heterocycles. The third-order valence-electron chi connectivity index (χ3n) is 5.42. The number of imide groups is 1. The highest BCUT2D eigenvalue weighted by atomic mass is 16.5. The standard InChI is InChI=1S/C19H19NO6/c1-3-25-17(24)11-5-4-6-12(9-11)20-15(22)13-14(16(20)23)19(10-21)8-7-18(13,2)26-19/h4-9,13-14,21H,3,10H2,1-2H3/t13-,14+,18-,19+/m0/s1. The molecule has 0 spiro atoms. The lowest BCUT2D eigenvalue weighted by molar-refractivity contribution is -0.131. The van der Waals surface area contributed by atoms with Gasteiger partial charge in [0.15, 0.2) is 0 Å². The zero-order valence-corrected chi connectivity index (χ0v) is 14.5. The van der Waals surface area contributed by atoms with Gasteiger partial charge in [-0.3, -0.25) is 9.59 Å². The molecular weight excluding hydrogens is 338 g/mol. The van der Waals surface area contributed by atoms with Crippen molar-refractivity contribution in [2.24, 2.45) is 11.8 Å². The van der Waals surface area contributed by atoms with Crippen LogP contribution in [0.1, 0.15) is 24.2 Å². The predicted molar refractivity (Wildman–Crippen MR) is 90.3 cm³/mol. The summed E-state index contributed by atoms with van der Waals surface area (Å²) < 4.78 is 10.9. The average molecular weight is 357 g/mol. The molecule has 1 aromatic rings. The second-order valence-corrected chi connectivity index (χ2v) is 6.97. The third-order valence-corrected chi connectivity index (χ3v) is 5.42. The summed E-state index contributed by atoms with van der Waals surface area (Å²) in [5.41, 5.74) is -1.51. The maximum Gasteiger partial charge on any atom is 0.338 e. The van der Waals surface area contributed by atoms with E-state index in [1.54, 1.807) is 44.2 Å². The first-order chi connectivity index (χ1) is 12.4. The Balaban J connectivity index is 1.73. The highest BCUT2D eigenvalue weighted by molar-refractivity contribution is 6.23. The van der Waals surface area contributed by atoms with E-state index in [-0.39, 0.29) is 24.7 Å². The molecule has 4 atom stereocenters. The monoisotopic (exact) mass is 357 g/mol. The van der Waals surface area contributed by atoms with E-state index < -0.39 is 34.9 Å². The maximum absolute atomic E-state index is 13.1. The Hall–Kier alpha value is -2.51. The lowest BCUT2D eigenvalue weighted by Crippen LogP contribution is -2.43. The molecule has 4 rings (SSSR count). The van der Waals surface area contributed by atoms with Gasteiger partial charge >= 0.3 is 5.97 Å². The van der Waals surface area contributed by atoms with E-state index in [9.17, 15) is 19.5 Å². The average Bonchev–Trinajstić information content (AvgIpc) is 3.21. The second kappa shape index (κ2) is 5.49. The number of rotatable bonds is 4. The minimum absolute atomic E-state index is 0.231. The number of esters is 1. The summed E-state index contributed by atoms with van der Waals surface area (Å²) in [4.78, 5) is 39.2. The Morgan fingerprint density at radius 2 is 2.00 bits per heavy atom. The summed E-state index contributed by atoms with van der Waals surface area (Å²) in [6, 6.07) is 6.24. The SMILES string of the molecule is CCOC(=O)c1cccc(N2C(=O)[C@@H]3[C@H](C2=O)[C@]2(CO)C=C[C@]3(C)O2)c1. The van der Waals surface area contributed by atoms with Gasteiger partial charge < -0.3 is 14.6 Å². The number of ether oxygens (including phenoxy) is 2. The molecule has 0 aliphatic carbocycles. The number of hydrogen-bond acceptors (Lipinski definition) is 6. The molecule has 2 fully saturated rings. The van der Waals surface area contributed by atoms with Crippen LogP contribution in [-0.2, 0) is 19.1 Å². The van der Waals surface area contributed by atoms with E-state index in [4.69, 9.17) is 9.47 Å². The van der Waals surface area contributed by atoms with Gasteiger partial charge in [-0.1, -0.05) is 18.2 Å². The fourth-order valence-corrected chi connectivity index (χ4v) is 4.28. The number of hydrogen-bond donors (Lipinski definition) is 1. The molecule has 1 N–H and O–H groups in total. The fourth-order valence-electron chi connectivity index (χ4n) is 4.28. The number of anilines is 1. The number of aliphatic hydroxyl groups excluding tert-OH is 1. The number of carbonyl (C=O) groups is 3. The van der Waals surface area contributed by atoms with Crippen molar-refractivity contribution in [3.8, 4) is 0 Å². The second-order valence-electron chi connectivity index (χ2n) is 6.97. The third kappa shape index (κ3) is 2.04. The topological polar surface area (TPSA) is 93.1 Å². The molecule has 3 aliphatic heterocycles. The van der Waals surface area contributed by atoms with Gasteiger partial charge in [0.05, 0.1) is 41.9 Å². The molecule has 0 saturated carbocycles. The summed E-state index contributed by atoms with van der Waals surface area (Å²) in [7, 11) is 0. The molecule has 3 aliphatic rings. The summed E-state index contributed by atoms with van der Waals surface area (Å²) in [6.45, 7) is 3.30. The van der Waals surface area contributed by atoms with E-state index in [1.165, 1.54) is 6.07 Å². The van der Waals surface area contributed by atoms with Crippen LogP contribution in [0.15, 0.2) is 36.4 Å². The normalized spacial score (nSPS) is 34.5. The molecule has 3 heterocycles. The van der Waals surface area contributed by atoms with Crippen LogP contribution in [0.5, 0.6) is 0 Å². The molecule has 2 bridgehead atoms. The molecule has 0 unspecified atom stereocenters. The molecule has 26 heavy (non-hydrogen) atoms. The largest absolute Gasteiger partial charge is 0.462 e. The Morgan fingerprint density at radius 1 is 1.27 bits per heavy atom. The molecule has 7 heteroatoms. The van der Waals surface area contributed by atoms with Crippen molar-refractivity contribution in [2.75, 3.05) is 18.1 Å². The molecule has 2 saturated heterocycles. The number of fused-ring (bicyclic) bond motifs is 5. The number of aliphatic hydroxyl groups is 1.